The largest absolute Gasteiger partial charge is 0.462 e. The molecule has 0 heterocycles. The highest BCUT2D eigenvalue weighted by atomic mass is 16.5. The molecular formula is C20H27N3O4. The van der Waals surface area contributed by atoms with Crippen LogP contribution in [0.5, 0.6) is 0 Å². The average molecular weight is 373 g/mol. The first kappa shape index (κ1) is 22.2. The zero-order valence-electron chi connectivity index (χ0n) is 15.9. The number of hydrogen-bond donors (Lipinski definition) is 2. The van der Waals surface area contributed by atoms with Gasteiger partial charge in [0, 0.05) is 26.0 Å². The number of anilines is 1. The van der Waals surface area contributed by atoms with Crippen LogP contribution in [0.1, 0.15) is 43.5 Å². The lowest BCUT2D eigenvalue weighted by Gasteiger charge is -2.09. The SMILES string of the molecule is CCCCOCCCNC(=O)/C(C#N)=C\Nc1ccccc1C(=O)OCC. The van der Waals surface area contributed by atoms with Gasteiger partial charge in [0.05, 0.1) is 17.9 Å². The first-order valence-electron chi connectivity index (χ1n) is 9.12. The fourth-order valence-electron chi connectivity index (χ4n) is 2.11. The predicted molar refractivity (Wildman–Crippen MR) is 103 cm³/mol. The number of hydrogen-bond acceptors (Lipinski definition) is 6. The van der Waals surface area contributed by atoms with E-state index in [2.05, 4.69) is 17.6 Å². The molecule has 2 N–H and O–H groups in total. The summed E-state index contributed by atoms with van der Waals surface area (Å²) >= 11 is 0. The third kappa shape index (κ3) is 8.38. The zero-order valence-corrected chi connectivity index (χ0v) is 15.9. The highest BCUT2D eigenvalue weighted by Gasteiger charge is 2.12. The highest BCUT2D eigenvalue weighted by Crippen LogP contribution is 2.16. The number of carbonyl (C=O) groups excluding carboxylic acids is 2. The Balaban J connectivity index is 2.57. The van der Waals surface area contributed by atoms with Crippen LogP contribution in [0, 0.1) is 11.3 Å². The van der Waals surface area contributed by atoms with Crippen LogP contribution in [0.4, 0.5) is 5.69 Å². The van der Waals surface area contributed by atoms with Gasteiger partial charge in [-0.15, -0.1) is 0 Å². The minimum Gasteiger partial charge on any atom is -0.462 e. The van der Waals surface area contributed by atoms with Crippen LogP contribution < -0.4 is 10.6 Å². The minimum absolute atomic E-state index is 0.0828. The molecule has 1 rings (SSSR count). The Morgan fingerprint density at radius 3 is 2.63 bits per heavy atom. The van der Waals surface area contributed by atoms with Gasteiger partial charge in [-0.2, -0.15) is 5.26 Å². The number of benzene rings is 1. The van der Waals surface area contributed by atoms with Crippen LogP contribution >= 0.6 is 0 Å². The van der Waals surface area contributed by atoms with Gasteiger partial charge in [0.1, 0.15) is 11.6 Å². The van der Waals surface area contributed by atoms with E-state index in [1.165, 1.54) is 6.20 Å². The minimum atomic E-state index is -0.479. The number of nitriles is 1. The average Bonchev–Trinajstić information content (AvgIpc) is 2.68. The van der Waals surface area contributed by atoms with E-state index in [-0.39, 0.29) is 12.2 Å². The van der Waals surface area contributed by atoms with Crippen molar-refractivity contribution in [2.24, 2.45) is 0 Å². The summed E-state index contributed by atoms with van der Waals surface area (Å²) in [5, 5.41) is 14.7. The molecule has 27 heavy (non-hydrogen) atoms. The monoisotopic (exact) mass is 373 g/mol. The molecule has 0 aliphatic heterocycles. The quantitative estimate of drug-likeness (QED) is 0.253. The van der Waals surface area contributed by atoms with Crippen LogP contribution in [0.2, 0.25) is 0 Å². The van der Waals surface area contributed by atoms with Crippen LogP contribution in [0.15, 0.2) is 36.0 Å². The van der Waals surface area contributed by atoms with E-state index >= 15 is 0 Å². The molecule has 7 nitrogen and oxygen atoms in total. The number of carbonyl (C=O) groups is 2. The third-order valence-corrected chi connectivity index (χ3v) is 3.55. The van der Waals surface area contributed by atoms with Gasteiger partial charge in [0.25, 0.3) is 5.91 Å². The van der Waals surface area contributed by atoms with E-state index in [0.717, 1.165) is 19.4 Å². The molecule has 1 aromatic rings. The molecule has 1 amide bonds. The van der Waals surface area contributed by atoms with E-state index in [0.29, 0.717) is 30.8 Å². The molecule has 0 saturated heterocycles. The van der Waals surface area contributed by atoms with E-state index < -0.39 is 11.9 Å². The summed E-state index contributed by atoms with van der Waals surface area (Å²) in [5.41, 5.74) is 0.707. The van der Waals surface area contributed by atoms with Crippen molar-refractivity contribution in [3.05, 3.63) is 41.6 Å². The lowest BCUT2D eigenvalue weighted by molar-refractivity contribution is -0.117. The number of unbranched alkanes of at least 4 members (excludes halogenated alkanes) is 1. The number of nitrogens with one attached hydrogen (secondary N) is 2. The van der Waals surface area contributed by atoms with E-state index in [4.69, 9.17) is 9.47 Å². The molecule has 146 valence electrons. The Kier molecular flexibility index (Phi) is 11.0. The van der Waals surface area contributed by atoms with Gasteiger partial charge in [-0.25, -0.2) is 4.79 Å². The molecule has 7 heteroatoms. The van der Waals surface area contributed by atoms with Gasteiger partial charge in [-0.05, 0) is 31.9 Å². The second kappa shape index (κ2) is 13.4. The smallest absolute Gasteiger partial charge is 0.340 e. The summed E-state index contributed by atoms with van der Waals surface area (Å²) in [7, 11) is 0. The summed E-state index contributed by atoms with van der Waals surface area (Å²) in [6.07, 6.45) is 4.06. The Labute approximate surface area is 160 Å². The first-order valence-corrected chi connectivity index (χ1v) is 9.12. The van der Waals surface area contributed by atoms with Gasteiger partial charge < -0.3 is 20.1 Å². The van der Waals surface area contributed by atoms with Gasteiger partial charge in [0.15, 0.2) is 0 Å². The van der Waals surface area contributed by atoms with Gasteiger partial charge in [-0.3, -0.25) is 4.79 Å². The first-order chi connectivity index (χ1) is 13.1. The Bertz CT molecular complexity index is 680. The summed E-state index contributed by atoms with van der Waals surface area (Å²) in [6, 6.07) is 8.58. The van der Waals surface area contributed by atoms with Crippen molar-refractivity contribution in [2.75, 3.05) is 31.7 Å². The molecule has 0 radical (unpaired) electrons. The van der Waals surface area contributed by atoms with E-state index in [1.54, 1.807) is 31.2 Å². The normalized spacial score (nSPS) is 10.8. The number of nitrogens with zero attached hydrogens (tertiary/aromatic N) is 1. The predicted octanol–water partition coefficient (Wildman–Crippen LogP) is 3.01. The lowest BCUT2D eigenvalue weighted by Crippen LogP contribution is -2.26. The maximum absolute atomic E-state index is 12.1. The molecule has 0 aliphatic rings. The van der Waals surface area contributed by atoms with Crippen molar-refractivity contribution in [1.29, 1.82) is 5.26 Å². The molecular weight excluding hydrogens is 346 g/mol. The van der Waals surface area contributed by atoms with Crippen molar-refractivity contribution in [1.82, 2.24) is 5.32 Å². The second-order valence-corrected chi connectivity index (χ2v) is 5.66. The molecule has 0 spiro atoms. The maximum Gasteiger partial charge on any atom is 0.340 e. The maximum atomic E-state index is 12.1. The van der Waals surface area contributed by atoms with E-state index in [9.17, 15) is 14.9 Å². The van der Waals surface area contributed by atoms with Crippen molar-refractivity contribution in [3.63, 3.8) is 0 Å². The molecule has 0 bridgehead atoms. The van der Waals surface area contributed by atoms with Gasteiger partial charge in [0.2, 0.25) is 0 Å². The zero-order chi connectivity index (χ0) is 19.9. The summed E-state index contributed by atoms with van der Waals surface area (Å²) < 4.78 is 10.4. The number of esters is 1. The Morgan fingerprint density at radius 1 is 1.19 bits per heavy atom. The molecule has 0 saturated carbocycles. The molecule has 0 aliphatic carbocycles. The summed E-state index contributed by atoms with van der Waals surface area (Å²) in [4.78, 5) is 24.0. The highest BCUT2D eigenvalue weighted by molar-refractivity contribution is 5.98. The Hall–Kier alpha value is -2.85. The summed E-state index contributed by atoms with van der Waals surface area (Å²) in [6.45, 7) is 5.79. The topological polar surface area (TPSA) is 100 Å². The lowest BCUT2D eigenvalue weighted by atomic mass is 10.2. The van der Waals surface area contributed by atoms with Crippen molar-refractivity contribution >= 4 is 17.6 Å². The number of rotatable bonds is 12. The van der Waals surface area contributed by atoms with Gasteiger partial charge in [-0.1, -0.05) is 25.5 Å². The van der Waals surface area contributed by atoms with Crippen LogP contribution in [0.25, 0.3) is 0 Å². The second-order valence-electron chi connectivity index (χ2n) is 5.66. The molecule has 1 aromatic carbocycles. The van der Waals surface area contributed by atoms with Crippen LogP contribution in [0.3, 0.4) is 0 Å². The van der Waals surface area contributed by atoms with Crippen LogP contribution in [-0.2, 0) is 14.3 Å². The molecule has 0 atom stereocenters. The molecule has 0 fully saturated rings. The number of amides is 1. The van der Waals surface area contributed by atoms with Crippen molar-refractivity contribution in [3.8, 4) is 6.07 Å². The fourth-order valence-corrected chi connectivity index (χ4v) is 2.11. The summed E-state index contributed by atoms with van der Waals surface area (Å²) in [5.74, 6) is -0.952. The molecule has 0 aromatic heterocycles. The Morgan fingerprint density at radius 2 is 1.93 bits per heavy atom. The van der Waals surface area contributed by atoms with Gasteiger partial charge >= 0.3 is 5.97 Å². The van der Waals surface area contributed by atoms with E-state index in [1.807, 2.05) is 6.07 Å². The standard InChI is InChI=1S/C20H27N3O4/c1-3-5-12-26-13-8-11-22-19(24)16(14-21)15-23-18-10-7-6-9-17(18)20(25)27-4-2/h6-7,9-10,15,23H,3-5,8,11-13H2,1-2H3,(H,22,24)/b16-15-. The third-order valence-electron chi connectivity index (χ3n) is 3.55. The fraction of sp³-hybridized carbons (Fsp3) is 0.450. The van der Waals surface area contributed by atoms with Crippen molar-refractivity contribution < 1.29 is 19.1 Å². The number of para-hydroxylation sites is 1. The van der Waals surface area contributed by atoms with Crippen molar-refractivity contribution in [2.45, 2.75) is 33.1 Å². The molecule has 0 unspecified atom stereocenters. The number of ether oxygens (including phenoxy) is 2. The van der Waals surface area contributed by atoms with Crippen LogP contribution in [-0.4, -0.2) is 38.2 Å².